The van der Waals surface area contributed by atoms with Crippen LogP contribution in [0.2, 0.25) is 0 Å². The number of phenols is 1. The van der Waals surface area contributed by atoms with Crippen LogP contribution in [0.5, 0.6) is 11.5 Å². The first-order chi connectivity index (χ1) is 9.96. The van der Waals surface area contributed by atoms with Crippen LogP contribution in [-0.2, 0) is 9.47 Å². The molecule has 2 rings (SSSR count). The number of ether oxygens (including phenoxy) is 3. The summed E-state index contributed by atoms with van der Waals surface area (Å²) < 4.78 is 15.3. The van der Waals surface area contributed by atoms with Crippen molar-refractivity contribution in [2.24, 2.45) is 0 Å². The van der Waals surface area contributed by atoms with Crippen LogP contribution in [0.4, 0.5) is 0 Å². The molecule has 0 aromatic heterocycles. The molecule has 0 bridgehead atoms. The first-order valence-electron chi connectivity index (χ1n) is 6.27. The number of hydrogen-bond acceptors (Lipinski definition) is 6. The van der Waals surface area contributed by atoms with Crippen molar-refractivity contribution in [1.29, 1.82) is 0 Å². The van der Waals surface area contributed by atoms with Gasteiger partial charge < -0.3 is 19.3 Å². The second kappa shape index (κ2) is 5.57. The van der Waals surface area contributed by atoms with Gasteiger partial charge in [-0.05, 0) is 13.0 Å². The Labute approximate surface area is 121 Å². The molecule has 0 heterocycles. The van der Waals surface area contributed by atoms with Gasteiger partial charge in [-0.15, -0.1) is 0 Å². The lowest BCUT2D eigenvalue weighted by atomic mass is 9.89. The predicted molar refractivity (Wildman–Crippen MR) is 73.8 cm³/mol. The maximum atomic E-state index is 12.2. The smallest absolute Gasteiger partial charge is 0.228 e. The molecule has 0 aliphatic heterocycles. The van der Waals surface area contributed by atoms with Crippen molar-refractivity contribution in [2.45, 2.75) is 13.0 Å². The van der Waals surface area contributed by atoms with Crippen LogP contribution in [0.1, 0.15) is 39.3 Å². The highest BCUT2D eigenvalue weighted by Crippen LogP contribution is 2.41. The molecule has 1 atom stereocenters. The lowest BCUT2D eigenvalue weighted by Crippen LogP contribution is -2.19. The van der Waals surface area contributed by atoms with Crippen molar-refractivity contribution in [3.8, 4) is 11.5 Å². The molecule has 0 saturated carbocycles. The van der Waals surface area contributed by atoms with Crippen molar-refractivity contribution in [1.82, 2.24) is 0 Å². The molecule has 112 valence electrons. The number of aromatic hydroxyl groups is 1. The molecule has 21 heavy (non-hydrogen) atoms. The number of methoxy groups -OCH3 is 3. The molecular weight excluding hydrogens is 276 g/mol. The third-order valence-electron chi connectivity index (χ3n) is 3.48. The molecule has 1 N–H and O–H groups in total. The number of hydrogen-bond donors (Lipinski definition) is 1. The SMILES string of the molecule is COC1=CC(=O)c2c(cc(OC)c(C(C)OC)c2O)C1=O. The molecule has 0 spiro atoms. The fourth-order valence-corrected chi connectivity index (χ4v) is 2.31. The standard InChI is InChI=1S/C15H16O6/c1-7(19-2)12-10(20-3)5-8-13(15(12)18)9(16)6-11(21-4)14(8)17/h5-7,18H,1-4H3. The van der Waals surface area contributed by atoms with Crippen LogP contribution in [0.3, 0.4) is 0 Å². The Balaban J connectivity index is 2.75. The number of carbonyl (C=O) groups is 2. The van der Waals surface area contributed by atoms with E-state index < -0.39 is 17.7 Å². The normalized spacial score (nSPS) is 15.3. The van der Waals surface area contributed by atoms with Gasteiger partial charge in [-0.25, -0.2) is 0 Å². The van der Waals surface area contributed by atoms with Crippen LogP contribution >= 0.6 is 0 Å². The van der Waals surface area contributed by atoms with Gasteiger partial charge in [-0.2, -0.15) is 0 Å². The molecule has 6 nitrogen and oxygen atoms in total. The maximum absolute atomic E-state index is 12.2. The number of rotatable bonds is 4. The molecule has 0 saturated heterocycles. The Hall–Kier alpha value is -2.34. The number of phenolic OH excluding ortho intramolecular Hbond substituents is 1. The Morgan fingerprint density at radius 1 is 1.14 bits per heavy atom. The minimum atomic E-state index is -0.499. The van der Waals surface area contributed by atoms with Crippen LogP contribution in [0.15, 0.2) is 17.9 Å². The second-order valence-electron chi connectivity index (χ2n) is 4.55. The van der Waals surface area contributed by atoms with Crippen molar-refractivity contribution in [3.05, 3.63) is 34.6 Å². The number of allylic oxidation sites excluding steroid dienone is 2. The summed E-state index contributed by atoms with van der Waals surface area (Å²) in [6.07, 6.45) is 0.568. The van der Waals surface area contributed by atoms with E-state index in [0.29, 0.717) is 5.56 Å². The number of benzene rings is 1. The Morgan fingerprint density at radius 3 is 2.33 bits per heavy atom. The van der Waals surface area contributed by atoms with E-state index in [4.69, 9.17) is 14.2 Å². The van der Waals surface area contributed by atoms with E-state index in [9.17, 15) is 14.7 Å². The third kappa shape index (κ3) is 2.27. The zero-order valence-corrected chi connectivity index (χ0v) is 12.2. The van der Waals surface area contributed by atoms with Gasteiger partial charge in [0.2, 0.25) is 5.78 Å². The van der Waals surface area contributed by atoms with Gasteiger partial charge in [0.15, 0.2) is 11.5 Å². The van der Waals surface area contributed by atoms with Crippen molar-refractivity contribution in [2.75, 3.05) is 21.3 Å². The summed E-state index contributed by atoms with van der Waals surface area (Å²) in [6.45, 7) is 1.70. The molecule has 6 heteroatoms. The van der Waals surface area contributed by atoms with Crippen LogP contribution in [0.25, 0.3) is 0 Å². The minimum absolute atomic E-state index is 0.0551. The molecule has 1 aliphatic carbocycles. The van der Waals surface area contributed by atoms with E-state index in [-0.39, 0.29) is 28.4 Å². The quantitative estimate of drug-likeness (QED) is 0.914. The van der Waals surface area contributed by atoms with Crippen molar-refractivity contribution < 1.29 is 28.9 Å². The average molecular weight is 292 g/mol. The van der Waals surface area contributed by atoms with E-state index >= 15 is 0 Å². The minimum Gasteiger partial charge on any atom is -0.507 e. The van der Waals surface area contributed by atoms with Crippen LogP contribution in [0, 0.1) is 0 Å². The molecule has 1 aliphatic rings. The third-order valence-corrected chi connectivity index (χ3v) is 3.48. The lowest BCUT2D eigenvalue weighted by molar-refractivity contribution is 0.0911. The zero-order valence-electron chi connectivity index (χ0n) is 12.2. The Morgan fingerprint density at radius 2 is 1.81 bits per heavy atom. The molecule has 0 fully saturated rings. The molecule has 1 aromatic rings. The average Bonchev–Trinajstić information content (AvgIpc) is 2.48. The van der Waals surface area contributed by atoms with Crippen LogP contribution < -0.4 is 4.74 Å². The number of fused-ring (bicyclic) bond motifs is 1. The summed E-state index contributed by atoms with van der Waals surface area (Å²) in [6, 6.07) is 1.42. The molecular formula is C15H16O6. The van der Waals surface area contributed by atoms with Gasteiger partial charge in [0.05, 0.1) is 31.5 Å². The molecule has 1 unspecified atom stereocenters. The topological polar surface area (TPSA) is 82.1 Å². The molecule has 1 aromatic carbocycles. The summed E-state index contributed by atoms with van der Waals surface area (Å²) in [4.78, 5) is 24.4. The van der Waals surface area contributed by atoms with E-state index in [0.717, 1.165) is 6.08 Å². The largest absolute Gasteiger partial charge is 0.507 e. The number of carbonyl (C=O) groups excluding carboxylic acids is 2. The first kappa shape index (κ1) is 15.1. The highest BCUT2D eigenvalue weighted by molar-refractivity contribution is 6.25. The number of ketones is 2. The Bertz CT molecular complexity index is 644. The van der Waals surface area contributed by atoms with E-state index in [1.807, 2.05) is 0 Å². The van der Waals surface area contributed by atoms with Crippen molar-refractivity contribution in [3.63, 3.8) is 0 Å². The van der Waals surface area contributed by atoms with Gasteiger partial charge in [0.25, 0.3) is 0 Å². The number of Topliss-reactive ketones (excluding diaryl/α,β-unsaturated/α-hetero) is 1. The zero-order chi connectivity index (χ0) is 15.7. The highest BCUT2D eigenvalue weighted by Gasteiger charge is 2.33. The van der Waals surface area contributed by atoms with Gasteiger partial charge >= 0.3 is 0 Å². The monoisotopic (exact) mass is 292 g/mol. The van der Waals surface area contributed by atoms with Gasteiger partial charge in [-0.3, -0.25) is 9.59 Å². The molecule has 0 radical (unpaired) electrons. The van der Waals surface area contributed by atoms with Gasteiger partial charge in [-0.1, -0.05) is 0 Å². The van der Waals surface area contributed by atoms with Crippen LogP contribution in [-0.4, -0.2) is 38.0 Å². The van der Waals surface area contributed by atoms with E-state index in [1.165, 1.54) is 27.4 Å². The summed E-state index contributed by atoms with van der Waals surface area (Å²) in [7, 11) is 4.19. The van der Waals surface area contributed by atoms with E-state index in [2.05, 4.69) is 0 Å². The van der Waals surface area contributed by atoms with Gasteiger partial charge in [0.1, 0.15) is 11.5 Å². The highest BCUT2D eigenvalue weighted by atomic mass is 16.5. The van der Waals surface area contributed by atoms with Gasteiger partial charge in [0, 0.05) is 18.7 Å². The molecule has 0 amide bonds. The van der Waals surface area contributed by atoms with Crippen molar-refractivity contribution >= 4 is 11.6 Å². The lowest BCUT2D eigenvalue weighted by Gasteiger charge is -2.22. The van der Waals surface area contributed by atoms with E-state index in [1.54, 1.807) is 6.92 Å². The summed E-state index contributed by atoms with van der Waals surface area (Å²) in [5.74, 6) is -1.06. The maximum Gasteiger partial charge on any atom is 0.228 e. The Kier molecular flexibility index (Phi) is 3.99. The second-order valence-corrected chi connectivity index (χ2v) is 4.55. The fraction of sp³-hybridized carbons (Fsp3) is 0.333. The summed E-state index contributed by atoms with van der Waals surface area (Å²) in [5, 5.41) is 10.4. The summed E-state index contributed by atoms with van der Waals surface area (Å²) in [5.41, 5.74) is 0.329. The predicted octanol–water partition coefficient (Wildman–Crippen LogP) is 2.02. The summed E-state index contributed by atoms with van der Waals surface area (Å²) >= 11 is 0. The first-order valence-corrected chi connectivity index (χ1v) is 6.27. The fourth-order valence-electron chi connectivity index (χ4n) is 2.31.